The lowest BCUT2D eigenvalue weighted by Gasteiger charge is -2.29. The number of aromatic nitrogens is 2. The molecule has 9 aromatic carbocycles. The molecule has 4 heteroatoms. The van der Waals surface area contributed by atoms with Gasteiger partial charge in [0.1, 0.15) is 0 Å². The Kier molecular flexibility index (Phi) is 7.89. The second-order valence-electron chi connectivity index (χ2n) is 18.7. The van der Waals surface area contributed by atoms with Gasteiger partial charge in [-0.15, -0.1) is 0 Å². The normalized spacial score (nSPS) is 12.2. The van der Waals surface area contributed by atoms with Crippen LogP contribution in [0.5, 0.6) is 0 Å². The van der Waals surface area contributed by atoms with Crippen LogP contribution in [0.4, 0.5) is 34.1 Å². The highest BCUT2D eigenvalue weighted by Gasteiger charge is 2.28. The van der Waals surface area contributed by atoms with Gasteiger partial charge in [-0.3, -0.25) is 0 Å². The summed E-state index contributed by atoms with van der Waals surface area (Å²) in [5.41, 5.74) is 23.4. The number of para-hydroxylation sites is 2. The first-order chi connectivity index (χ1) is 31.6. The third-order valence-electron chi connectivity index (χ3n) is 14.5. The first kappa shape index (κ1) is 37.7. The molecule has 13 aromatic rings. The van der Waals surface area contributed by atoms with Gasteiger partial charge in [-0.25, -0.2) is 0 Å². The van der Waals surface area contributed by atoms with E-state index < -0.39 is 0 Å². The Hall–Kier alpha value is -7.82. The van der Waals surface area contributed by atoms with E-state index in [1.807, 2.05) is 0 Å². The van der Waals surface area contributed by atoms with E-state index in [0.717, 1.165) is 11.4 Å². The van der Waals surface area contributed by atoms with Crippen LogP contribution in [-0.4, -0.2) is 8.80 Å². The van der Waals surface area contributed by atoms with Crippen LogP contribution in [0.2, 0.25) is 0 Å². The fourth-order valence-electron chi connectivity index (χ4n) is 11.3. The van der Waals surface area contributed by atoms with E-state index in [1.165, 1.54) is 138 Å². The topological polar surface area (TPSA) is 15.3 Å². The highest BCUT2D eigenvalue weighted by molar-refractivity contribution is 6.32. The summed E-state index contributed by atoms with van der Waals surface area (Å²) >= 11 is 0. The van der Waals surface area contributed by atoms with Crippen LogP contribution in [0.1, 0.15) is 38.9 Å². The molecule has 0 atom stereocenters. The van der Waals surface area contributed by atoms with E-state index in [0.29, 0.717) is 0 Å². The van der Waals surface area contributed by atoms with Gasteiger partial charge in [0, 0.05) is 65.8 Å². The van der Waals surface area contributed by atoms with Gasteiger partial charge in [-0.05, 0) is 149 Å². The van der Waals surface area contributed by atoms with Gasteiger partial charge in [0.25, 0.3) is 0 Å². The summed E-state index contributed by atoms with van der Waals surface area (Å²) < 4.78 is 5.10. The zero-order chi connectivity index (χ0) is 44.0. The first-order valence-electron chi connectivity index (χ1n) is 22.8. The van der Waals surface area contributed by atoms with Crippen LogP contribution >= 0.6 is 0 Å². The molecule has 65 heavy (non-hydrogen) atoms. The van der Waals surface area contributed by atoms with E-state index in [-0.39, 0.29) is 0 Å². The van der Waals surface area contributed by atoms with Gasteiger partial charge >= 0.3 is 0 Å². The molecule has 0 saturated heterocycles. The van der Waals surface area contributed by atoms with Crippen molar-refractivity contribution in [3.05, 3.63) is 203 Å². The molecule has 0 radical (unpaired) electrons. The summed E-state index contributed by atoms with van der Waals surface area (Å²) in [6.45, 7) is 15.5. The molecule has 0 amide bonds. The lowest BCUT2D eigenvalue weighted by Crippen LogP contribution is -2.12. The SMILES string of the molecule is Cc1ccc(N(c2cc(C)ccc2C)c2ccc3c4cc5c(cc4n4c6ccccc6c2c34)c2ccc(N(c3ccc(C)cc3)c3cc(C)cc(C)c3C)c3c4ccccc4n5c23)cc1. The number of hydrogen-bond donors (Lipinski definition) is 0. The molecule has 0 aliphatic rings. The highest BCUT2D eigenvalue weighted by atomic mass is 15.2. The van der Waals surface area contributed by atoms with E-state index in [1.54, 1.807) is 0 Å². The Morgan fingerprint density at radius 1 is 0.308 bits per heavy atom. The minimum atomic E-state index is 1.15. The van der Waals surface area contributed by atoms with Gasteiger partial charge in [-0.2, -0.15) is 0 Å². The number of nitrogens with zero attached hydrogens (tertiary/aromatic N) is 4. The molecule has 4 aromatic heterocycles. The third kappa shape index (κ3) is 5.25. The molecule has 0 aliphatic carbocycles. The molecule has 312 valence electrons. The molecule has 0 aliphatic heterocycles. The van der Waals surface area contributed by atoms with Crippen LogP contribution in [-0.2, 0) is 0 Å². The predicted octanol–water partition coefficient (Wildman–Crippen LogP) is 17.1. The molecule has 0 N–H and O–H groups in total. The molecule has 4 heterocycles. The van der Waals surface area contributed by atoms with Crippen molar-refractivity contribution in [2.24, 2.45) is 0 Å². The quantitative estimate of drug-likeness (QED) is 0.166. The average Bonchev–Trinajstić information content (AvgIpc) is 4.04. The van der Waals surface area contributed by atoms with Crippen LogP contribution in [0.25, 0.3) is 76.2 Å². The second kappa shape index (κ2) is 13.6. The molecule has 0 saturated carbocycles. The largest absolute Gasteiger partial charge is 0.310 e. The Bertz CT molecular complexity index is 4070. The van der Waals surface area contributed by atoms with Crippen molar-refractivity contribution in [2.75, 3.05) is 9.80 Å². The Morgan fingerprint density at radius 2 is 0.769 bits per heavy atom. The summed E-state index contributed by atoms with van der Waals surface area (Å²) in [7, 11) is 0. The van der Waals surface area contributed by atoms with Gasteiger partial charge in [0.2, 0.25) is 0 Å². The van der Waals surface area contributed by atoms with Crippen molar-refractivity contribution < 1.29 is 0 Å². The minimum Gasteiger partial charge on any atom is -0.310 e. The van der Waals surface area contributed by atoms with E-state index in [9.17, 15) is 0 Å². The maximum absolute atomic E-state index is 2.55. The summed E-state index contributed by atoms with van der Waals surface area (Å²) in [6, 6.07) is 62.0. The fraction of sp³-hybridized carbons (Fsp3) is 0.115. The lowest BCUT2D eigenvalue weighted by atomic mass is 10.00. The van der Waals surface area contributed by atoms with Crippen LogP contribution < -0.4 is 9.80 Å². The van der Waals surface area contributed by atoms with Gasteiger partial charge in [0.15, 0.2) is 0 Å². The maximum Gasteiger partial charge on any atom is 0.0641 e. The molecule has 0 fully saturated rings. The number of rotatable bonds is 6. The van der Waals surface area contributed by atoms with Crippen molar-refractivity contribution in [3.8, 4) is 0 Å². The number of aryl methyl sites for hydroxylation is 6. The summed E-state index contributed by atoms with van der Waals surface area (Å²) in [6.07, 6.45) is 0. The molecular formula is C61H48N4. The first-order valence-corrected chi connectivity index (χ1v) is 22.8. The number of fused-ring (bicyclic) bond motifs is 12. The zero-order valence-corrected chi connectivity index (χ0v) is 37.9. The lowest BCUT2D eigenvalue weighted by molar-refractivity contribution is 1.21. The summed E-state index contributed by atoms with van der Waals surface area (Å²) in [5.74, 6) is 0. The molecule has 0 bridgehead atoms. The van der Waals surface area contributed by atoms with E-state index in [4.69, 9.17) is 0 Å². The number of benzene rings is 9. The van der Waals surface area contributed by atoms with Crippen molar-refractivity contribution >= 4 is 110 Å². The monoisotopic (exact) mass is 836 g/mol. The fourth-order valence-corrected chi connectivity index (χ4v) is 11.3. The van der Waals surface area contributed by atoms with Crippen LogP contribution in [0.15, 0.2) is 164 Å². The smallest absolute Gasteiger partial charge is 0.0641 e. The molecular weight excluding hydrogens is 789 g/mol. The Morgan fingerprint density at radius 3 is 1.29 bits per heavy atom. The van der Waals surface area contributed by atoms with Gasteiger partial charge in [0.05, 0.1) is 44.5 Å². The average molecular weight is 837 g/mol. The van der Waals surface area contributed by atoms with Crippen molar-refractivity contribution in [1.29, 1.82) is 0 Å². The molecule has 0 spiro atoms. The summed E-state index contributed by atoms with van der Waals surface area (Å²) in [4.78, 5) is 4.99. The van der Waals surface area contributed by atoms with Crippen molar-refractivity contribution in [1.82, 2.24) is 8.80 Å². The predicted molar refractivity (Wildman–Crippen MR) is 278 cm³/mol. The third-order valence-corrected chi connectivity index (χ3v) is 14.5. The second-order valence-corrected chi connectivity index (χ2v) is 18.7. The molecule has 4 nitrogen and oxygen atoms in total. The van der Waals surface area contributed by atoms with E-state index in [2.05, 4.69) is 231 Å². The number of hydrogen-bond acceptors (Lipinski definition) is 2. The van der Waals surface area contributed by atoms with Gasteiger partial charge in [-0.1, -0.05) is 102 Å². The molecule has 0 unspecified atom stereocenters. The van der Waals surface area contributed by atoms with Crippen molar-refractivity contribution in [3.63, 3.8) is 0 Å². The number of anilines is 6. The van der Waals surface area contributed by atoms with Crippen molar-refractivity contribution in [2.45, 2.75) is 48.5 Å². The highest BCUT2D eigenvalue weighted by Crippen LogP contribution is 2.52. The maximum atomic E-state index is 2.55. The van der Waals surface area contributed by atoms with Crippen LogP contribution in [0.3, 0.4) is 0 Å². The van der Waals surface area contributed by atoms with Gasteiger partial charge < -0.3 is 18.6 Å². The van der Waals surface area contributed by atoms with Crippen LogP contribution in [0, 0.1) is 48.5 Å². The summed E-state index contributed by atoms with van der Waals surface area (Å²) in [5, 5.41) is 10.1. The zero-order valence-electron chi connectivity index (χ0n) is 37.9. The Labute approximate surface area is 378 Å². The van der Waals surface area contributed by atoms with E-state index >= 15 is 0 Å². The Balaban J connectivity index is 1.13. The standard InChI is InChI=1S/C61H48N4/c1-35-17-22-42(23-18-35)62(54-31-37(3)16-21-39(54)5)52-28-26-44-48-33-57-49(34-56(48)64-50-14-10-8-12-46(50)58(52)60(44)64)45-27-29-53(59-47-13-9-11-15-51(47)65(57)61(45)59)63(43-24-19-36(2)20-25-43)55-32-38(4)30-40(6)41(55)7/h8-34H,1-7H3. The minimum absolute atomic E-state index is 1.15. The molecule has 13 rings (SSSR count).